The van der Waals surface area contributed by atoms with Gasteiger partial charge in [-0.25, -0.2) is 0 Å². The second-order valence-corrected chi connectivity index (χ2v) is 5.42. The molecule has 2 aromatic rings. The SMILES string of the molecule is CC1=[N+](C)N(c2ccccc2)C(=O)C1N=Cc1ccc(O)cc1. The molecule has 0 spiro atoms. The van der Waals surface area contributed by atoms with Crippen molar-refractivity contribution in [3.05, 3.63) is 60.2 Å². The number of phenolic OH excluding ortho intramolecular Hbond substituents is 1. The summed E-state index contributed by atoms with van der Waals surface area (Å²) in [4.78, 5) is 17.1. The molecule has 0 saturated heterocycles. The molecule has 1 aliphatic rings. The van der Waals surface area contributed by atoms with E-state index in [-0.39, 0.29) is 11.7 Å². The van der Waals surface area contributed by atoms with Gasteiger partial charge >= 0.3 is 5.91 Å². The summed E-state index contributed by atoms with van der Waals surface area (Å²) >= 11 is 0. The average Bonchev–Trinajstić information content (AvgIpc) is 2.78. The molecule has 1 amide bonds. The van der Waals surface area contributed by atoms with Crippen molar-refractivity contribution in [3.63, 3.8) is 0 Å². The molecule has 1 atom stereocenters. The van der Waals surface area contributed by atoms with E-state index in [1.54, 1.807) is 35.5 Å². The Morgan fingerprint density at radius 3 is 2.43 bits per heavy atom. The zero-order valence-electron chi connectivity index (χ0n) is 13.0. The van der Waals surface area contributed by atoms with E-state index in [2.05, 4.69) is 4.99 Å². The first-order valence-electron chi connectivity index (χ1n) is 7.36. The molecule has 3 rings (SSSR count). The van der Waals surface area contributed by atoms with Crippen LogP contribution in [0.5, 0.6) is 5.75 Å². The van der Waals surface area contributed by atoms with E-state index in [0.717, 1.165) is 17.0 Å². The topological polar surface area (TPSA) is 55.9 Å². The standard InChI is InChI=1S/C18H17N3O2/c1-13-17(19-12-14-8-10-16(22)11-9-14)18(23)21(20(13)2)15-6-4-3-5-7-15/h3-12,17H,1-2H3/p+1. The lowest BCUT2D eigenvalue weighted by molar-refractivity contribution is -0.495. The highest BCUT2D eigenvalue weighted by Gasteiger charge is 2.44. The number of anilines is 1. The van der Waals surface area contributed by atoms with Crippen molar-refractivity contribution in [1.29, 1.82) is 0 Å². The van der Waals surface area contributed by atoms with E-state index in [0.29, 0.717) is 0 Å². The minimum atomic E-state index is -0.533. The van der Waals surface area contributed by atoms with Crippen molar-refractivity contribution in [2.24, 2.45) is 4.99 Å². The second kappa shape index (κ2) is 6.04. The number of hydrazone groups is 1. The molecular weight excluding hydrogens is 290 g/mol. The molecule has 0 bridgehead atoms. The molecule has 5 nitrogen and oxygen atoms in total. The van der Waals surface area contributed by atoms with Gasteiger partial charge in [0.25, 0.3) is 0 Å². The van der Waals surface area contributed by atoms with Crippen LogP contribution in [-0.4, -0.2) is 40.7 Å². The predicted octanol–water partition coefficient (Wildman–Crippen LogP) is 2.24. The molecular formula is C18H18N3O2+. The van der Waals surface area contributed by atoms with Crippen molar-refractivity contribution in [1.82, 2.24) is 0 Å². The summed E-state index contributed by atoms with van der Waals surface area (Å²) in [5.41, 5.74) is 2.53. The highest BCUT2D eigenvalue weighted by molar-refractivity contribution is 6.15. The van der Waals surface area contributed by atoms with Crippen LogP contribution in [0.2, 0.25) is 0 Å². The molecule has 1 N–H and O–H groups in total. The highest BCUT2D eigenvalue weighted by atomic mass is 16.3. The zero-order valence-corrected chi connectivity index (χ0v) is 13.0. The van der Waals surface area contributed by atoms with E-state index in [1.807, 2.05) is 49.0 Å². The number of nitrogens with zero attached hydrogens (tertiary/aromatic N) is 3. The quantitative estimate of drug-likeness (QED) is 0.698. The lowest BCUT2D eigenvalue weighted by Crippen LogP contribution is -2.35. The maximum Gasteiger partial charge on any atom is 0.318 e. The van der Waals surface area contributed by atoms with Crippen LogP contribution in [0.15, 0.2) is 59.6 Å². The average molecular weight is 308 g/mol. The van der Waals surface area contributed by atoms with Crippen LogP contribution in [0.1, 0.15) is 12.5 Å². The number of hydrazine groups is 1. The lowest BCUT2D eigenvalue weighted by atomic mass is 10.2. The number of aliphatic imine (C=N–C) groups is 1. The second-order valence-electron chi connectivity index (χ2n) is 5.42. The fraction of sp³-hybridized carbons (Fsp3) is 0.167. The van der Waals surface area contributed by atoms with Crippen molar-refractivity contribution in [3.8, 4) is 5.75 Å². The van der Waals surface area contributed by atoms with E-state index in [9.17, 15) is 9.90 Å². The van der Waals surface area contributed by atoms with Gasteiger partial charge in [0.15, 0.2) is 7.05 Å². The van der Waals surface area contributed by atoms with Crippen LogP contribution in [0.25, 0.3) is 0 Å². The van der Waals surface area contributed by atoms with Gasteiger partial charge in [0.1, 0.15) is 11.4 Å². The Kier molecular flexibility index (Phi) is 3.93. The van der Waals surface area contributed by atoms with Gasteiger partial charge in [0.2, 0.25) is 11.8 Å². The minimum Gasteiger partial charge on any atom is -0.508 e. The molecule has 5 heteroatoms. The van der Waals surface area contributed by atoms with E-state index < -0.39 is 6.04 Å². The molecule has 0 aliphatic carbocycles. The number of amides is 1. The third-order valence-corrected chi connectivity index (χ3v) is 3.92. The number of aromatic hydroxyl groups is 1. The van der Waals surface area contributed by atoms with Gasteiger partial charge in [-0.2, -0.15) is 0 Å². The van der Waals surface area contributed by atoms with Crippen LogP contribution in [0.4, 0.5) is 5.69 Å². The number of phenols is 1. The predicted molar refractivity (Wildman–Crippen MR) is 90.3 cm³/mol. The number of hydrogen-bond acceptors (Lipinski definition) is 3. The van der Waals surface area contributed by atoms with Crippen molar-refractivity contribution in [2.45, 2.75) is 13.0 Å². The number of para-hydroxylation sites is 1. The van der Waals surface area contributed by atoms with Gasteiger partial charge in [-0.05, 0) is 42.0 Å². The molecule has 0 aromatic heterocycles. The van der Waals surface area contributed by atoms with E-state index in [4.69, 9.17) is 0 Å². The number of benzene rings is 2. The summed E-state index contributed by atoms with van der Waals surface area (Å²) < 4.78 is 1.83. The molecule has 23 heavy (non-hydrogen) atoms. The Bertz CT molecular complexity index is 780. The third kappa shape index (κ3) is 2.85. The first-order valence-corrected chi connectivity index (χ1v) is 7.36. The zero-order chi connectivity index (χ0) is 16.4. The summed E-state index contributed by atoms with van der Waals surface area (Å²) in [6, 6.07) is 15.7. The van der Waals surface area contributed by atoms with Gasteiger partial charge in [-0.1, -0.05) is 23.2 Å². The lowest BCUT2D eigenvalue weighted by Gasteiger charge is -2.10. The summed E-state index contributed by atoms with van der Waals surface area (Å²) in [7, 11) is 1.86. The fourth-order valence-electron chi connectivity index (χ4n) is 2.54. The number of carbonyl (C=O) groups is 1. The maximum absolute atomic E-state index is 12.7. The molecule has 1 aliphatic heterocycles. The van der Waals surface area contributed by atoms with E-state index >= 15 is 0 Å². The molecule has 1 unspecified atom stereocenters. The van der Waals surface area contributed by atoms with Crippen LogP contribution in [-0.2, 0) is 4.79 Å². The first kappa shape index (κ1) is 15.0. The Labute approximate surface area is 134 Å². The van der Waals surface area contributed by atoms with Crippen LogP contribution >= 0.6 is 0 Å². The van der Waals surface area contributed by atoms with Gasteiger partial charge in [0.05, 0.1) is 0 Å². The Morgan fingerprint density at radius 1 is 1.13 bits per heavy atom. The fourth-order valence-corrected chi connectivity index (χ4v) is 2.54. The Hall–Kier alpha value is -2.95. The summed E-state index contributed by atoms with van der Waals surface area (Å²) in [6.07, 6.45) is 1.66. The summed E-state index contributed by atoms with van der Waals surface area (Å²) in [6.45, 7) is 1.90. The Balaban J connectivity index is 1.87. The largest absolute Gasteiger partial charge is 0.508 e. The van der Waals surface area contributed by atoms with E-state index in [1.165, 1.54) is 0 Å². The smallest absolute Gasteiger partial charge is 0.318 e. The molecule has 2 aromatic carbocycles. The maximum atomic E-state index is 12.7. The van der Waals surface area contributed by atoms with Crippen molar-refractivity contribution in [2.75, 3.05) is 12.1 Å². The molecule has 0 saturated carbocycles. The summed E-state index contributed by atoms with van der Waals surface area (Å²) in [5.74, 6) is 0.128. The van der Waals surface area contributed by atoms with Crippen LogP contribution < -0.4 is 5.01 Å². The van der Waals surface area contributed by atoms with Gasteiger partial charge < -0.3 is 5.11 Å². The normalized spacial score (nSPS) is 18.3. The summed E-state index contributed by atoms with van der Waals surface area (Å²) in [5, 5.41) is 10.9. The van der Waals surface area contributed by atoms with Crippen molar-refractivity contribution >= 4 is 23.5 Å². The van der Waals surface area contributed by atoms with Gasteiger partial charge in [0, 0.05) is 13.1 Å². The molecule has 1 heterocycles. The Morgan fingerprint density at radius 2 is 1.78 bits per heavy atom. The third-order valence-electron chi connectivity index (χ3n) is 3.92. The van der Waals surface area contributed by atoms with Crippen LogP contribution in [0, 0.1) is 0 Å². The monoisotopic (exact) mass is 308 g/mol. The van der Waals surface area contributed by atoms with Gasteiger partial charge in [-0.15, -0.1) is 4.68 Å². The van der Waals surface area contributed by atoms with Crippen LogP contribution in [0.3, 0.4) is 0 Å². The minimum absolute atomic E-state index is 0.0776. The number of carbonyl (C=O) groups excluding carboxylic acids is 1. The highest BCUT2D eigenvalue weighted by Crippen LogP contribution is 2.20. The molecule has 116 valence electrons. The van der Waals surface area contributed by atoms with Crippen molar-refractivity contribution < 1.29 is 14.6 Å². The van der Waals surface area contributed by atoms with Gasteiger partial charge in [-0.3, -0.25) is 9.79 Å². The molecule has 0 fully saturated rings. The molecule has 0 radical (unpaired) electrons. The number of rotatable bonds is 3. The first-order chi connectivity index (χ1) is 11.1. The number of hydrogen-bond donors (Lipinski definition) is 1.